The molecule has 0 radical (unpaired) electrons. The molecule has 2 fully saturated rings. The summed E-state index contributed by atoms with van der Waals surface area (Å²) in [6.07, 6.45) is 3.04. The van der Waals surface area contributed by atoms with E-state index in [1.165, 1.54) is 5.56 Å². The molecule has 0 spiro atoms. The van der Waals surface area contributed by atoms with E-state index in [4.69, 9.17) is 15.0 Å². The highest BCUT2D eigenvalue weighted by atomic mass is 16.5. The lowest BCUT2D eigenvalue weighted by molar-refractivity contribution is 0.349. The van der Waals surface area contributed by atoms with Crippen molar-refractivity contribution in [2.24, 2.45) is 0 Å². The predicted molar refractivity (Wildman–Crippen MR) is 85.0 cm³/mol. The maximum Gasteiger partial charge on any atom is 0.266 e. The minimum absolute atomic E-state index is 0.154. The summed E-state index contributed by atoms with van der Waals surface area (Å²) in [5.74, 6) is 1.84. The number of nitrogens with zero attached hydrogens (tertiary/aromatic N) is 6. The molecule has 0 bridgehead atoms. The SMILES string of the molecule is N#Cc1ccc(C2CN(c3noc(C4CCN(C#N)C4)n3)C2)cc1. The Balaban J connectivity index is 1.37. The fourth-order valence-electron chi connectivity index (χ4n) is 3.26. The van der Waals surface area contributed by atoms with Gasteiger partial charge in [-0.2, -0.15) is 15.5 Å². The van der Waals surface area contributed by atoms with E-state index >= 15 is 0 Å². The van der Waals surface area contributed by atoms with Gasteiger partial charge in [0.15, 0.2) is 6.19 Å². The van der Waals surface area contributed by atoms with Crippen LogP contribution in [-0.4, -0.2) is 41.2 Å². The number of hydrogen-bond acceptors (Lipinski definition) is 7. The Morgan fingerprint density at radius 2 is 1.88 bits per heavy atom. The number of anilines is 1. The smallest absolute Gasteiger partial charge is 0.266 e. The van der Waals surface area contributed by atoms with Gasteiger partial charge in [0.05, 0.1) is 17.6 Å². The van der Waals surface area contributed by atoms with E-state index in [0.717, 1.165) is 26.1 Å². The van der Waals surface area contributed by atoms with Crippen LogP contribution in [0.3, 0.4) is 0 Å². The van der Waals surface area contributed by atoms with Gasteiger partial charge in [0.1, 0.15) is 0 Å². The van der Waals surface area contributed by atoms with Crippen LogP contribution in [0.5, 0.6) is 0 Å². The van der Waals surface area contributed by atoms with Gasteiger partial charge in [-0.05, 0) is 29.3 Å². The van der Waals surface area contributed by atoms with E-state index in [0.29, 0.717) is 29.9 Å². The molecular formula is C17H16N6O. The lowest BCUT2D eigenvalue weighted by atomic mass is 9.91. The number of likely N-dealkylation sites (tertiary alicyclic amines) is 1. The summed E-state index contributed by atoms with van der Waals surface area (Å²) in [6, 6.07) is 9.86. The quantitative estimate of drug-likeness (QED) is 0.796. The Kier molecular flexibility index (Phi) is 3.55. The minimum atomic E-state index is 0.154. The van der Waals surface area contributed by atoms with E-state index in [1.54, 1.807) is 4.90 Å². The van der Waals surface area contributed by atoms with Crippen LogP contribution in [0.15, 0.2) is 28.8 Å². The molecular weight excluding hydrogens is 304 g/mol. The second-order valence-corrected chi connectivity index (χ2v) is 6.30. The molecule has 7 nitrogen and oxygen atoms in total. The maximum atomic E-state index is 8.92. The van der Waals surface area contributed by atoms with Gasteiger partial charge >= 0.3 is 0 Å². The molecule has 1 aromatic carbocycles. The van der Waals surface area contributed by atoms with Gasteiger partial charge < -0.3 is 14.3 Å². The average molecular weight is 320 g/mol. The molecule has 4 rings (SSSR count). The molecule has 2 saturated heterocycles. The third-order valence-electron chi connectivity index (χ3n) is 4.79. The third-order valence-corrected chi connectivity index (χ3v) is 4.79. The van der Waals surface area contributed by atoms with Crippen LogP contribution in [0.25, 0.3) is 0 Å². The van der Waals surface area contributed by atoms with Crippen LogP contribution >= 0.6 is 0 Å². The average Bonchev–Trinajstić information content (AvgIpc) is 3.23. The van der Waals surface area contributed by atoms with Crippen molar-refractivity contribution in [3.63, 3.8) is 0 Å². The van der Waals surface area contributed by atoms with Crippen molar-refractivity contribution in [1.82, 2.24) is 15.0 Å². The van der Waals surface area contributed by atoms with Crippen LogP contribution in [0.1, 0.15) is 35.3 Å². The van der Waals surface area contributed by atoms with Crippen LogP contribution in [0.2, 0.25) is 0 Å². The molecule has 0 saturated carbocycles. The van der Waals surface area contributed by atoms with Gasteiger partial charge in [0, 0.05) is 32.1 Å². The molecule has 120 valence electrons. The van der Waals surface area contributed by atoms with Crippen molar-refractivity contribution in [1.29, 1.82) is 10.5 Å². The zero-order valence-corrected chi connectivity index (χ0v) is 13.1. The molecule has 1 atom stereocenters. The molecule has 0 amide bonds. The highest BCUT2D eigenvalue weighted by molar-refractivity contribution is 5.41. The number of rotatable bonds is 3. The zero-order chi connectivity index (χ0) is 16.5. The van der Waals surface area contributed by atoms with Gasteiger partial charge in [-0.1, -0.05) is 12.1 Å². The first kappa shape index (κ1) is 14.5. The Hall–Kier alpha value is -3.06. The van der Waals surface area contributed by atoms with E-state index in [-0.39, 0.29) is 5.92 Å². The van der Waals surface area contributed by atoms with E-state index in [2.05, 4.69) is 27.3 Å². The number of aromatic nitrogens is 2. The fraction of sp³-hybridized carbons (Fsp3) is 0.412. The normalized spacial score (nSPS) is 20.5. The van der Waals surface area contributed by atoms with Crippen molar-refractivity contribution in [3.8, 4) is 12.3 Å². The zero-order valence-electron chi connectivity index (χ0n) is 13.1. The number of nitriles is 2. The summed E-state index contributed by atoms with van der Waals surface area (Å²) in [6.45, 7) is 3.11. The highest BCUT2D eigenvalue weighted by Crippen LogP contribution is 2.32. The minimum Gasteiger partial charge on any atom is -0.337 e. The molecule has 0 N–H and O–H groups in total. The van der Waals surface area contributed by atoms with Gasteiger partial charge in [-0.15, -0.1) is 0 Å². The Morgan fingerprint density at radius 3 is 2.54 bits per heavy atom. The van der Waals surface area contributed by atoms with Crippen molar-refractivity contribution >= 4 is 5.95 Å². The lowest BCUT2D eigenvalue weighted by Gasteiger charge is -2.38. The Morgan fingerprint density at radius 1 is 1.08 bits per heavy atom. The molecule has 2 aromatic rings. The molecule has 2 aliphatic rings. The summed E-state index contributed by atoms with van der Waals surface area (Å²) < 4.78 is 5.39. The molecule has 24 heavy (non-hydrogen) atoms. The first-order valence-corrected chi connectivity index (χ1v) is 8.00. The summed E-state index contributed by atoms with van der Waals surface area (Å²) in [5.41, 5.74) is 1.91. The standard InChI is InChI=1S/C17H16N6O/c18-7-12-1-3-13(4-2-12)15-9-23(10-15)17-20-16(24-21-17)14-5-6-22(8-14)11-19/h1-4,14-15H,5-6,8-10H2. The second kappa shape index (κ2) is 5.86. The first-order valence-electron chi connectivity index (χ1n) is 8.00. The molecule has 1 aromatic heterocycles. The van der Waals surface area contributed by atoms with Crippen molar-refractivity contribution < 1.29 is 4.52 Å². The summed E-state index contributed by atoms with van der Waals surface area (Å²) in [4.78, 5) is 8.32. The van der Waals surface area contributed by atoms with Crippen molar-refractivity contribution in [3.05, 3.63) is 41.3 Å². The topological polar surface area (TPSA) is 93.0 Å². The molecule has 3 heterocycles. The van der Waals surface area contributed by atoms with Gasteiger partial charge in [0.25, 0.3) is 5.95 Å². The lowest BCUT2D eigenvalue weighted by Crippen LogP contribution is -2.45. The van der Waals surface area contributed by atoms with Crippen LogP contribution in [0.4, 0.5) is 5.95 Å². The van der Waals surface area contributed by atoms with E-state index in [9.17, 15) is 0 Å². The maximum absolute atomic E-state index is 8.92. The summed E-state index contributed by atoms with van der Waals surface area (Å²) >= 11 is 0. The Labute approximate surface area is 139 Å². The van der Waals surface area contributed by atoms with Crippen LogP contribution in [-0.2, 0) is 0 Å². The summed E-state index contributed by atoms with van der Waals surface area (Å²) in [5, 5.41) is 21.9. The fourth-order valence-corrected chi connectivity index (χ4v) is 3.26. The predicted octanol–water partition coefficient (Wildman–Crippen LogP) is 1.82. The van der Waals surface area contributed by atoms with Gasteiger partial charge in [-0.25, -0.2) is 0 Å². The second-order valence-electron chi connectivity index (χ2n) is 6.30. The number of benzene rings is 1. The van der Waals surface area contributed by atoms with Gasteiger partial charge in [-0.3, -0.25) is 0 Å². The number of hydrogen-bond donors (Lipinski definition) is 0. The van der Waals surface area contributed by atoms with Crippen LogP contribution < -0.4 is 4.90 Å². The third kappa shape index (κ3) is 2.55. The summed E-state index contributed by atoms with van der Waals surface area (Å²) in [7, 11) is 0. The monoisotopic (exact) mass is 320 g/mol. The Bertz CT molecular complexity index is 809. The highest BCUT2D eigenvalue weighted by Gasteiger charge is 2.33. The first-order chi connectivity index (χ1) is 11.8. The molecule has 1 unspecified atom stereocenters. The van der Waals surface area contributed by atoms with Gasteiger partial charge in [0.2, 0.25) is 5.89 Å². The molecule has 2 aliphatic heterocycles. The van der Waals surface area contributed by atoms with Crippen molar-refractivity contribution in [2.75, 3.05) is 31.1 Å². The molecule has 0 aliphatic carbocycles. The van der Waals surface area contributed by atoms with Crippen LogP contribution in [0, 0.1) is 22.8 Å². The van der Waals surface area contributed by atoms with E-state index < -0.39 is 0 Å². The van der Waals surface area contributed by atoms with Crippen molar-refractivity contribution in [2.45, 2.75) is 18.3 Å². The largest absolute Gasteiger partial charge is 0.337 e. The van der Waals surface area contributed by atoms with E-state index in [1.807, 2.05) is 24.3 Å². The molecule has 7 heteroatoms.